The molecule has 3 aromatic rings. The lowest BCUT2D eigenvalue weighted by Crippen LogP contribution is -2.14. The number of nitrogens with one attached hydrogen (secondary N) is 2. The zero-order chi connectivity index (χ0) is 20.1. The van der Waals surface area contributed by atoms with Gasteiger partial charge in [-0.15, -0.1) is 0 Å². The number of aryl methyl sites for hydroxylation is 1. The fraction of sp³-hybridized carbons (Fsp3) is 0.143. The molecular formula is C21H20N2O5. The summed E-state index contributed by atoms with van der Waals surface area (Å²) in [5.41, 5.74) is 2.26. The van der Waals surface area contributed by atoms with E-state index < -0.39 is 5.91 Å². The molecule has 0 spiro atoms. The van der Waals surface area contributed by atoms with Crippen LogP contribution in [0.1, 0.15) is 26.5 Å². The molecule has 0 bridgehead atoms. The Morgan fingerprint density at radius 3 is 2.43 bits per heavy atom. The van der Waals surface area contributed by atoms with E-state index in [4.69, 9.17) is 13.9 Å². The largest absolute Gasteiger partial charge is 0.496 e. The maximum Gasteiger partial charge on any atom is 0.291 e. The summed E-state index contributed by atoms with van der Waals surface area (Å²) >= 11 is 0. The third-order valence-electron chi connectivity index (χ3n) is 4.11. The second kappa shape index (κ2) is 8.30. The SMILES string of the molecule is COc1cc(NC(=O)c2cccc(C)c2OC)ccc1NC(=O)c1ccco1. The highest BCUT2D eigenvalue weighted by Gasteiger charge is 2.16. The van der Waals surface area contributed by atoms with Gasteiger partial charge in [-0.25, -0.2) is 0 Å². The molecule has 0 atom stereocenters. The van der Waals surface area contributed by atoms with Crippen LogP contribution in [0, 0.1) is 6.92 Å². The molecule has 0 unspecified atom stereocenters. The molecule has 1 aromatic heterocycles. The van der Waals surface area contributed by atoms with E-state index in [0.29, 0.717) is 28.4 Å². The fourth-order valence-corrected chi connectivity index (χ4v) is 2.76. The number of furan rings is 1. The molecule has 0 saturated heterocycles. The second-order valence-corrected chi connectivity index (χ2v) is 5.96. The number of carbonyl (C=O) groups excluding carboxylic acids is 2. The predicted molar refractivity (Wildman–Crippen MR) is 105 cm³/mol. The Morgan fingerprint density at radius 2 is 1.75 bits per heavy atom. The van der Waals surface area contributed by atoms with Crippen molar-refractivity contribution in [3.8, 4) is 11.5 Å². The average Bonchev–Trinajstić information content (AvgIpc) is 3.23. The van der Waals surface area contributed by atoms with Gasteiger partial charge in [-0.3, -0.25) is 9.59 Å². The Balaban J connectivity index is 1.79. The zero-order valence-corrected chi connectivity index (χ0v) is 15.7. The highest BCUT2D eigenvalue weighted by Crippen LogP contribution is 2.30. The van der Waals surface area contributed by atoms with Gasteiger partial charge >= 0.3 is 0 Å². The Labute approximate surface area is 162 Å². The fourth-order valence-electron chi connectivity index (χ4n) is 2.76. The first-order chi connectivity index (χ1) is 13.5. The normalized spacial score (nSPS) is 10.2. The van der Waals surface area contributed by atoms with E-state index in [-0.39, 0.29) is 11.7 Å². The number of hydrogen-bond acceptors (Lipinski definition) is 5. The topological polar surface area (TPSA) is 89.8 Å². The van der Waals surface area contributed by atoms with Gasteiger partial charge in [0, 0.05) is 11.8 Å². The number of methoxy groups -OCH3 is 2. The van der Waals surface area contributed by atoms with E-state index in [2.05, 4.69) is 10.6 Å². The summed E-state index contributed by atoms with van der Waals surface area (Å²) in [6.45, 7) is 1.87. The van der Waals surface area contributed by atoms with Crippen LogP contribution in [0.3, 0.4) is 0 Å². The van der Waals surface area contributed by atoms with Crippen molar-refractivity contribution in [3.63, 3.8) is 0 Å². The first kappa shape index (κ1) is 19.0. The molecule has 7 heteroatoms. The lowest BCUT2D eigenvalue weighted by Gasteiger charge is -2.14. The molecule has 0 aliphatic carbocycles. The highest BCUT2D eigenvalue weighted by atomic mass is 16.5. The Morgan fingerprint density at radius 1 is 0.929 bits per heavy atom. The summed E-state index contributed by atoms with van der Waals surface area (Å²) in [5.74, 6) is 0.397. The number of rotatable bonds is 6. The molecule has 28 heavy (non-hydrogen) atoms. The Bertz CT molecular complexity index is 996. The summed E-state index contributed by atoms with van der Waals surface area (Å²) in [4.78, 5) is 24.8. The van der Waals surface area contributed by atoms with Crippen molar-refractivity contribution >= 4 is 23.2 Å². The van der Waals surface area contributed by atoms with Crippen LogP contribution in [0.2, 0.25) is 0 Å². The summed E-state index contributed by atoms with van der Waals surface area (Å²) in [5, 5.41) is 5.52. The van der Waals surface area contributed by atoms with Crippen LogP contribution in [0.15, 0.2) is 59.2 Å². The van der Waals surface area contributed by atoms with Gasteiger partial charge in [0.05, 0.1) is 31.7 Å². The third kappa shape index (κ3) is 3.98. The van der Waals surface area contributed by atoms with Crippen molar-refractivity contribution < 1.29 is 23.5 Å². The molecule has 0 radical (unpaired) electrons. The third-order valence-corrected chi connectivity index (χ3v) is 4.11. The van der Waals surface area contributed by atoms with Crippen molar-refractivity contribution in [3.05, 3.63) is 71.7 Å². The number of carbonyl (C=O) groups is 2. The number of benzene rings is 2. The van der Waals surface area contributed by atoms with Crippen LogP contribution in [-0.2, 0) is 0 Å². The van der Waals surface area contributed by atoms with E-state index in [0.717, 1.165) is 5.56 Å². The number of para-hydroxylation sites is 1. The maximum atomic E-state index is 12.6. The van der Waals surface area contributed by atoms with Gasteiger partial charge in [0.15, 0.2) is 5.76 Å². The van der Waals surface area contributed by atoms with Crippen molar-refractivity contribution in [1.82, 2.24) is 0 Å². The summed E-state index contributed by atoms with van der Waals surface area (Å²) in [7, 11) is 3.01. The number of ether oxygens (including phenoxy) is 2. The first-order valence-corrected chi connectivity index (χ1v) is 8.51. The van der Waals surface area contributed by atoms with E-state index >= 15 is 0 Å². The van der Waals surface area contributed by atoms with Gasteiger partial charge in [0.2, 0.25) is 0 Å². The van der Waals surface area contributed by atoms with E-state index in [1.807, 2.05) is 13.0 Å². The van der Waals surface area contributed by atoms with Crippen molar-refractivity contribution in [1.29, 1.82) is 0 Å². The first-order valence-electron chi connectivity index (χ1n) is 8.51. The van der Waals surface area contributed by atoms with Crippen LogP contribution in [-0.4, -0.2) is 26.0 Å². The minimum absolute atomic E-state index is 0.186. The van der Waals surface area contributed by atoms with Crippen molar-refractivity contribution in [2.45, 2.75) is 6.92 Å². The van der Waals surface area contributed by atoms with Gasteiger partial charge in [0.25, 0.3) is 11.8 Å². The average molecular weight is 380 g/mol. The predicted octanol–water partition coefficient (Wildman–Crippen LogP) is 4.11. The van der Waals surface area contributed by atoms with Gasteiger partial charge in [-0.05, 0) is 42.8 Å². The highest BCUT2D eigenvalue weighted by molar-refractivity contribution is 6.07. The summed E-state index contributed by atoms with van der Waals surface area (Å²) < 4.78 is 15.7. The molecule has 1 heterocycles. The van der Waals surface area contributed by atoms with Crippen LogP contribution in [0.4, 0.5) is 11.4 Å². The number of anilines is 2. The second-order valence-electron chi connectivity index (χ2n) is 5.96. The molecule has 3 rings (SSSR count). The lowest BCUT2D eigenvalue weighted by atomic mass is 10.1. The molecule has 2 amide bonds. The number of hydrogen-bond donors (Lipinski definition) is 2. The standard InChI is InChI=1S/C21H20N2O5/c1-13-6-4-7-15(19(13)27-3)20(24)22-14-9-10-16(18(12-14)26-2)23-21(25)17-8-5-11-28-17/h4-12H,1-3H3,(H,22,24)(H,23,25). The van der Waals surface area contributed by atoms with E-state index in [1.54, 1.807) is 42.5 Å². The quantitative estimate of drug-likeness (QED) is 0.672. The van der Waals surface area contributed by atoms with Crippen LogP contribution >= 0.6 is 0 Å². The van der Waals surface area contributed by atoms with Gasteiger partial charge < -0.3 is 24.5 Å². The molecular weight excluding hydrogens is 360 g/mol. The minimum Gasteiger partial charge on any atom is -0.496 e. The van der Waals surface area contributed by atoms with Crippen LogP contribution in [0.25, 0.3) is 0 Å². The molecule has 0 aliphatic heterocycles. The Hall–Kier alpha value is -3.74. The van der Waals surface area contributed by atoms with Gasteiger partial charge in [0.1, 0.15) is 11.5 Å². The van der Waals surface area contributed by atoms with Gasteiger partial charge in [-0.2, -0.15) is 0 Å². The molecule has 0 fully saturated rings. The minimum atomic E-state index is -0.399. The van der Waals surface area contributed by atoms with E-state index in [1.165, 1.54) is 20.5 Å². The number of amides is 2. The van der Waals surface area contributed by atoms with Crippen molar-refractivity contribution in [2.24, 2.45) is 0 Å². The van der Waals surface area contributed by atoms with Crippen LogP contribution in [0.5, 0.6) is 11.5 Å². The Kier molecular flexibility index (Phi) is 5.64. The monoisotopic (exact) mass is 380 g/mol. The summed E-state index contributed by atoms with van der Waals surface area (Å²) in [6, 6.07) is 13.5. The molecule has 2 N–H and O–H groups in total. The van der Waals surface area contributed by atoms with E-state index in [9.17, 15) is 9.59 Å². The maximum absolute atomic E-state index is 12.6. The summed E-state index contributed by atoms with van der Waals surface area (Å²) in [6.07, 6.45) is 1.42. The van der Waals surface area contributed by atoms with Gasteiger partial charge in [-0.1, -0.05) is 12.1 Å². The molecule has 144 valence electrons. The smallest absolute Gasteiger partial charge is 0.291 e. The molecule has 0 saturated carbocycles. The zero-order valence-electron chi connectivity index (χ0n) is 15.7. The molecule has 7 nitrogen and oxygen atoms in total. The molecule has 2 aromatic carbocycles. The molecule has 0 aliphatic rings. The van der Waals surface area contributed by atoms with Crippen LogP contribution < -0.4 is 20.1 Å². The van der Waals surface area contributed by atoms with Crippen molar-refractivity contribution in [2.75, 3.05) is 24.9 Å². The lowest BCUT2D eigenvalue weighted by molar-refractivity contribution is 0.0993.